The first-order chi connectivity index (χ1) is 8.31. The van der Waals surface area contributed by atoms with E-state index < -0.39 is 0 Å². The maximum atomic E-state index is 6.04. The standard InChI is InChI=1S/C14H27N3/c15-12-3-1-2-11(8-12)9-16-13-6-7-17(10-13)14-4-5-14/h11-14,16H,1-10,15H2. The fourth-order valence-corrected chi connectivity index (χ4v) is 3.58. The molecule has 0 amide bonds. The summed E-state index contributed by atoms with van der Waals surface area (Å²) in [6, 6.07) is 2.18. The molecule has 3 fully saturated rings. The predicted octanol–water partition coefficient (Wildman–Crippen LogP) is 1.33. The van der Waals surface area contributed by atoms with E-state index >= 15 is 0 Å². The van der Waals surface area contributed by atoms with E-state index in [1.165, 1.54) is 64.6 Å². The van der Waals surface area contributed by atoms with Crippen LogP contribution in [-0.4, -0.2) is 42.7 Å². The van der Waals surface area contributed by atoms with Gasteiger partial charge in [-0.05, 0) is 51.0 Å². The lowest BCUT2D eigenvalue weighted by molar-refractivity contribution is 0.288. The average molecular weight is 237 g/mol. The summed E-state index contributed by atoms with van der Waals surface area (Å²) in [4.78, 5) is 2.68. The quantitative estimate of drug-likeness (QED) is 0.775. The molecule has 3 unspecified atom stereocenters. The molecule has 3 nitrogen and oxygen atoms in total. The van der Waals surface area contributed by atoms with Crippen LogP contribution in [0.5, 0.6) is 0 Å². The van der Waals surface area contributed by atoms with Crippen molar-refractivity contribution in [2.24, 2.45) is 11.7 Å². The second-order valence-corrected chi connectivity index (χ2v) is 6.41. The highest BCUT2D eigenvalue weighted by Crippen LogP contribution is 2.30. The van der Waals surface area contributed by atoms with Crippen LogP contribution in [0, 0.1) is 5.92 Å². The Balaban J connectivity index is 1.36. The summed E-state index contributed by atoms with van der Waals surface area (Å²) in [5, 5.41) is 3.79. The third-order valence-corrected chi connectivity index (χ3v) is 4.80. The molecule has 3 heteroatoms. The van der Waals surface area contributed by atoms with Crippen LogP contribution in [0.15, 0.2) is 0 Å². The summed E-state index contributed by atoms with van der Waals surface area (Å²) in [5.74, 6) is 0.841. The van der Waals surface area contributed by atoms with Gasteiger partial charge in [0.2, 0.25) is 0 Å². The van der Waals surface area contributed by atoms with Gasteiger partial charge in [0.15, 0.2) is 0 Å². The van der Waals surface area contributed by atoms with Crippen LogP contribution in [0.2, 0.25) is 0 Å². The Morgan fingerprint density at radius 3 is 2.76 bits per heavy atom. The SMILES string of the molecule is NC1CCCC(CNC2CCN(C3CC3)C2)C1. The second kappa shape index (κ2) is 5.25. The van der Waals surface area contributed by atoms with Crippen molar-refractivity contribution < 1.29 is 0 Å². The lowest BCUT2D eigenvalue weighted by Crippen LogP contribution is -2.39. The lowest BCUT2D eigenvalue weighted by Gasteiger charge is -2.28. The third-order valence-electron chi connectivity index (χ3n) is 4.80. The monoisotopic (exact) mass is 237 g/mol. The first-order valence-corrected chi connectivity index (χ1v) is 7.54. The number of rotatable bonds is 4. The van der Waals surface area contributed by atoms with E-state index in [-0.39, 0.29) is 0 Å². The van der Waals surface area contributed by atoms with Crippen LogP contribution in [0.25, 0.3) is 0 Å². The summed E-state index contributed by atoms with van der Waals surface area (Å²) in [6.07, 6.45) is 9.47. The molecule has 0 aromatic rings. The van der Waals surface area contributed by atoms with Crippen LogP contribution in [0.3, 0.4) is 0 Å². The van der Waals surface area contributed by atoms with E-state index in [1.807, 2.05) is 0 Å². The molecule has 3 rings (SSSR count). The van der Waals surface area contributed by atoms with Gasteiger partial charge < -0.3 is 11.1 Å². The minimum absolute atomic E-state index is 0.474. The normalized spacial score (nSPS) is 39.7. The Labute approximate surface area is 105 Å². The molecule has 0 radical (unpaired) electrons. The maximum Gasteiger partial charge on any atom is 0.0207 e. The molecule has 0 aromatic carbocycles. The minimum atomic E-state index is 0.474. The van der Waals surface area contributed by atoms with Crippen molar-refractivity contribution in [3.8, 4) is 0 Å². The summed E-state index contributed by atoms with van der Waals surface area (Å²) >= 11 is 0. The molecule has 2 aliphatic carbocycles. The number of nitrogens with one attached hydrogen (secondary N) is 1. The van der Waals surface area contributed by atoms with Crippen molar-refractivity contribution in [1.82, 2.24) is 10.2 Å². The fourth-order valence-electron chi connectivity index (χ4n) is 3.58. The molecule has 98 valence electrons. The van der Waals surface area contributed by atoms with E-state index in [0.717, 1.165) is 18.0 Å². The van der Waals surface area contributed by atoms with Crippen molar-refractivity contribution in [3.63, 3.8) is 0 Å². The molecule has 1 aliphatic heterocycles. The maximum absolute atomic E-state index is 6.04. The van der Waals surface area contributed by atoms with Gasteiger partial charge in [-0.2, -0.15) is 0 Å². The molecular formula is C14H27N3. The van der Waals surface area contributed by atoms with Crippen LogP contribution >= 0.6 is 0 Å². The van der Waals surface area contributed by atoms with Crippen molar-refractivity contribution in [2.45, 2.75) is 63.1 Å². The Hall–Kier alpha value is -0.120. The van der Waals surface area contributed by atoms with Gasteiger partial charge in [0.05, 0.1) is 0 Å². The first-order valence-electron chi connectivity index (χ1n) is 7.54. The first kappa shape index (κ1) is 11.9. The van der Waals surface area contributed by atoms with Gasteiger partial charge in [-0.25, -0.2) is 0 Å². The van der Waals surface area contributed by atoms with Crippen molar-refractivity contribution in [2.75, 3.05) is 19.6 Å². The average Bonchev–Trinajstić information content (AvgIpc) is 3.07. The summed E-state index contributed by atoms with van der Waals surface area (Å²) in [5.41, 5.74) is 6.04. The van der Waals surface area contributed by atoms with Gasteiger partial charge in [0, 0.05) is 31.2 Å². The van der Waals surface area contributed by atoms with Crippen LogP contribution in [0.1, 0.15) is 44.9 Å². The number of likely N-dealkylation sites (tertiary alicyclic amines) is 1. The number of hydrogen-bond acceptors (Lipinski definition) is 3. The Bertz CT molecular complexity index is 252. The van der Waals surface area contributed by atoms with Gasteiger partial charge in [0.25, 0.3) is 0 Å². The lowest BCUT2D eigenvalue weighted by atomic mass is 9.86. The largest absolute Gasteiger partial charge is 0.328 e. The summed E-state index contributed by atoms with van der Waals surface area (Å²) in [7, 11) is 0. The van der Waals surface area contributed by atoms with Crippen LogP contribution in [-0.2, 0) is 0 Å². The molecule has 3 aliphatic rings. The van der Waals surface area contributed by atoms with Crippen LogP contribution < -0.4 is 11.1 Å². The molecule has 1 heterocycles. The smallest absolute Gasteiger partial charge is 0.0207 e. The molecule has 0 spiro atoms. The molecule has 3 N–H and O–H groups in total. The molecular weight excluding hydrogens is 210 g/mol. The highest BCUT2D eigenvalue weighted by atomic mass is 15.2. The van der Waals surface area contributed by atoms with E-state index in [9.17, 15) is 0 Å². The van der Waals surface area contributed by atoms with Gasteiger partial charge in [0.1, 0.15) is 0 Å². The van der Waals surface area contributed by atoms with Gasteiger partial charge >= 0.3 is 0 Å². The highest BCUT2D eigenvalue weighted by Gasteiger charge is 2.34. The summed E-state index contributed by atoms with van der Waals surface area (Å²) in [6.45, 7) is 3.83. The van der Waals surface area contributed by atoms with Crippen molar-refractivity contribution in [1.29, 1.82) is 0 Å². The minimum Gasteiger partial charge on any atom is -0.328 e. The highest BCUT2D eigenvalue weighted by molar-refractivity contribution is 4.92. The second-order valence-electron chi connectivity index (χ2n) is 6.41. The van der Waals surface area contributed by atoms with E-state index in [2.05, 4.69) is 10.2 Å². The van der Waals surface area contributed by atoms with Gasteiger partial charge in [-0.3, -0.25) is 4.90 Å². The van der Waals surface area contributed by atoms with Crippen molar-refractivity contribution in [3.05, 3.63) is 0 Å². The predicted molar refractivity (Wildman–Crippen MR) is 70.9 cm³/mol. The molecule has 17 heavy (non-hydrogen) atoms. The molecule has 0 bridgehead atoms. The van der Waals surface area contributed by atoms with Crippen LogP contribution in [0.4, 0.5) is 0 Å². The van der Waals surface area contributed by atoms with Gasteiger partial charge in [-0.1, -0.05) is 6.42 Å². The number of nitrogens with zero attached hydrogens (tertiary/aromatic N) is 1. The molecule has 1 saturated heterocycles. The molecule has 2 saturated carbocycles. The zero-order valence-electron chi connectivity index (χ0n) is 10.9. The van der Waals surface area contributed by atoms with Crippen molar-refractivity contribution >= 4 is 0 Å². The molecule has 0 aromatic heterocycles. The third kappa shape index (κ3) is 3.21. The topological polar surface area (TPSA) is 41.3 Å². The van der Waals surface area contributed by atoms with Gasteiger partial charge in [-0.15, -0.1) is 0 Å². The van der Waals surface area contributed by atoms with E-state index in [1.54, 1.807) is 0 Å². The fraction of sp³-hybridized carbons (Fsp3) is 1.00. The van der Waals surface area contributed by atoms with E-state index in [4.69, 9.17) is 5.73 Å². The number of nitrogens with two attached hydrogens (primary N) is 1. The summed E-state index contributed by atoms with van der Waals surface area (Å²) < 4.78 is 0. The zero-order chi connectivity index (χ0) is 11.7. The van der Waals surface area contributed by atoms with E-state index in [0.29, 0.717) is 6.04 Å². The Morgan fingerprint density at radius 1 is 1.12 bits per heavy atom. The molecule has 3 atom stereocenters. The Kier molecular flexibility index (Phi) is 3.69. The number of hydrogen-bond donors (Lipinski definition) is 2. The Morgan fingerprint density at radius 2 is 2.00 bits per heavy atom. The zero-order valence-corrected chi connectivity index (χ0v) is 10.9.